The van der Waals surface area contributed by atoms with Gasteiger partial charge in [0.1, 0.15) is 16.4 Å². The Morgan fingerprint density at radius 2 is 1.91 bits per heavy atom. The van der Waals surface area contributed by atoms with Crippen LogP contribution in [0.25, 0.3) is 9.75 Å². The molecule has 0 N–H and O–H groups in total. The highest BCUT2D eigenvalue weighted by molar-refractivity contribution is 9.10. The van der Waals surface area contributed by atoms with Crippen LogP contribution in [0.3, 0.4) is 0 Å². The van der Waals surface area contributed by atoms with Crippen LogP contribution < -0.4 is 0 Å². The summed E-state index contributed by atoms with van der Waals surface area (Å²) in [4.78, 5) is 16.8. The van der Waals surface area contributed by atoms with E-state index in [1.54, 1.807) is 22.7 Å². The third kappa shape index (κ3) is 5.34. The van der Waals surface area contributed by atoms with Crippen molar-refractivity contribution < 1.29 is 22.1 Å². The molecule has 1 unspecified atom stereocenters. The van der Waals surface area contributed by atoms with Gasteiger partial charge in [0, 0.05) is 31.7 Å². The second-order valence-corrected chi connectivity index (χ2v) is 9.88. The first-order chi connectivity index (χ1) is 10.7. The molecule has 0 aromatic carbocycles. The number of hydrogen-bond acceptors (Lipinski definition) is 3. The van der Waals surface area contributed by atoms with E-state index in [-0.39, 0.29) is 10.9 Å². The number of carbonyl (C=O) groups excluding carboxylic acids is 1. The van der Waals surface area contributed by atoms with E-state index in [1.165, 1.54) is 14.6 Å². The van der Waals surface area contributed by atoms with E-state index in [2.05, 4.69) is 40.4 Å². The zero-order valence-corrected chi connectivity index (χ0v) is 16.0. The fourth-order valence-corrected chi connectivity index (χ4v) is 7.09. The maximum atomic E-state index is 12.0. The summed E-state index contributed by atoms with van der Waals surface area (Å²) in [5, 5.41) is 2.09. The van der Waals surface area contributed by atoms with Crippen LogP contribution in [0.15, 0.2) is 26.9 Å². The zero-order chi connectivity index (χ0) is 17.2. The number of ketones is 1. The van der Waals surface area contributed by atoms with Crippen molar-refractivity contribution in [3.8, 4) is 9.75 Å². The normalized spacial score (nSPS) is 17.5. The van der Waals surface area contributed by atoms with Crippen molar-refractivity contribution in [1.29, 1.82) is 0 Å². The fourth-order valence-electron chi connectivity index (χ4n) is 2.09. The van der Waals surface area contributed by atoms with Gasteiger partial charge >= 0.3 is 7.25 Å². The molecule has 2 aromatic heterocycles. The number of carbonyl (C=O) groups is 1. The van der Waals surface area contributed by atoms with E-state index in [4.69, 9.17) is 0 Å². The fraction of sp³-hybridized carbons (Fsp3) is 0.308. The zero-order valence-electron chi connectivity index (χ0n) is 12.0. The molecule has 0 aliphatic carbocycles. The van der Waals surface area contributed by atoms with Gasteiger partial charge in [-0.2, -0.15) is 0 Å². The van der Waals surface area contributed by atoms with E-state index in [9.17, 15) is 22.1 Å². The number of hydrogen-bond donors (Lipinski definition) is 0. The van der Waals surface area contributed by atoms with Gasteiger partial charge in [0.05, 0.1) is 11.3 Å². The number of halogens is 5. The highest BCUT2D eigenvalue weighted by Crippen LogP contribution is 2.41. The first kappa shape index (κ1) is 19.0. The minimum Gasteiger partial charge on any atom is -0.418 e. The Hall–Kier alpha value is -0.315. The summed E-state index contributed by atoms with van der Waals surface area (Å²) < 4.78 is 40.1. The van der Waals surface area contributed by atoms with E-state index >= 15 is 0 Å². The molecule has 1 atom stereocenters. The molecule has 10 heteroatoms. The average molecular weight is 447 g/mol. The van der Waals surface area contributed by atoms with Crippen molar-refractivity contribution in [3.05, 3.63) is 26.9 Å². The van der Waals surface area contributed by atoms with Gasteiger partial charge in [0.15, 0.2) is 10.7 Å². The van der Waals surface area contributed by atoms with Crippen molar-refractivity contribution in [1.82, 2.24) is 0 Å². The molecule has 1 aliphatic heterocycles. The summed E-state index contributed by atoms with van der Waals surface area (Å²) >= 11 is 6.90. The quantitative estimate of drug-likeness (QED) is 0.308. The van der Waals surface area contributed by atoms with Crippen molar-refractivity contribution >= 4 is 62.5 Å². The minimum atomic E-state index is -6.00. The standard InChI is InChI=1S/C13H12BrOS3.BF4/c1-2-18-4-3-9(15)13-12(18)6-11(17-13)10-5-8(14)7-16-10;2-1(3,4)5/h5-7H,2-4H2,1H3;/q+1;-1. The lowest BCUT2D eigenvalue weighted by atomic mass is 10.2. The summed E-state index contributed by atoms with van der Waals surface area (Å²) in [6, 6.07) is 4.39. The average Bonchev–Trinajstić information content (AvgIpc) is 3.04. The first-order valence-corrected chi connectivity index (χ1v) is 10.7. The van der Waals surface area contributed by atoms with Gasteiger partial charge in [0.2, 0.25) is 0 Å². The Labute approximate surface area is 150 Å². The lowest BCUT2D eigenvalue weighted by Gasteiger charge is -2.10. The lowest BCUT2D eigenvalue weighted by molar-refractivity contribution is 0.0988. The molecule has 0 spiro atoms. The molecule has 23 heavy (non-hydrogen) atoms. The van der Waals surface area contributed by atoms with Crippen LogP contribution in [0.4, 0.5) is 17.3 Å². The maximum Gasteiger partial charge on any atom is 0.673 e. The Morgan fingerprint density at radius 3 is 2.43 bits per heavy atom. The van der Waals surface area contributed by atoms with Crippen molar-refractivity contribution in [2.75, 3.05) is 11.5 Å². The molecule has 2 aromatic rings. The van der Waals surface area contributed by atoms with Gasteiger partial charge in [-0.3, -0.25) is 4.79 Å². The van der Waals surface area contributed by atoms with Crippen LogP contribution in [0.5, 0.6) is 0 Å². The first-order valence-electron chi connectivity index (χ1n) is 6.65. The van der Waals surface area contributed by atoms with E-state index in [0.29, 0.717) is 5.78 Å². The second-order valence-electron chi connectivity index (χ2n) is 4.59. The Bertz CT molecular complexity index is 692. The highest BCUT2D eigenvalue weighted by Gasteiger charge is 2.35. The van der Waals surface area contributed by atoms with Crippen molar-refractivity contribution in [3.63, 3.8) is 0 Å². The summed E-state index contributed by atoms with van der Waals surface area (Å²) in [6.07, 6.45) is 0.734. The molecule has 1 nitrogen and oxygen atoms in total. The topological polar surface area (TPSA) is 17.1 Å². The number of rotatable bonds is 2. The largest absolute Gasteiger partial charge is 0.673 e. The van der Waals surface area contributed by atoms with E-state index < -0.39 is 7.25 Å². The lowest BCUT2D eigenvalue weighted by Crippen LogP contribution is -2.21. The molecule has 1 aliphatic rings. The predicted molar refractivity (Wildman–Crippen MR) is 95.5 cm³/mol. The molecule has 0 bridgehead atoms. The molecule has 0 saturated heterocycles. The summed E-state index contributed by atoms with van der Waals surface area (Å²) in [5.74, 6) is 2.55. The van der Waals surface area contributed by atoms with Crippen LogP contribution in [0.1, 0.15) is 23.0 Å². The third-order valence-electron chi connectivity index (χ3n) is 3.00. The van der Waals surface area contributed by atoms with Crippen LogP contribution in [0, 0.1) is 0 Å². The van der Waals surface area contributed by atoms with Crippen LogP contribution >= 0.6 is 38.6 Å². The third-order valence-corrected chi connectivity index (χ3v) is 8.53. The number of Topliss-reactive ketones (excluding diaryl/α,β-unsaturated/α-hetero) is 1. The summed E-state index contributed by atoms with van der Waals surface area (Å²) in [5.41, 5.74) is 0. The van der Waals surface area contributed by atoms with Crippen LogP contribution in [-0.4, -0.2) is 24.5 Å². The molecular formula is C13H12BBrF4OS3. The second kappa shape index (κ2) is 7.71. The number of thiophene rings is 2. The Kier molecular flexibility index (Phi) is 6.38. The molecule has 3 rings (SSSR count). The van der Waals surface area contributed by atoms with E-state index in [1.807, 2.05) is 0 Å². The number of fused-ring (bicyclic) bond motifs is 1. The molecule has 0 fully saturated rings. The van der Waals surface area contributed by atoms with E-state index in [0.717, 1.165) is 27.3 Å². The van der Waals surface area contributed by atoms with Gasteiger partial charge in [-0.1, -0.05) is 0 Å². The maximum absolute atomic E-state index is 12.0. The van der Waals surface area contributed by atoms with Crippen LogP contribution in [0.2, 0.25) is 0 Å². The molecule has 0 amide bonds. The molecular weight excluding hydrogens is 435 g/mol. The predicted octanol–water partition coefficient (Wildman–Crippen LogP) is 6.12. The summed E-state index contributed by atoms with van der Waals surface area (Å²) in [6.45, 7) is 2.22. The Morgan fingerprint density at radius 1 is 1.26 bits per heavy atom. The Balaban J connectivity index is 0.000000338. The van der Waals surface area contributed by atoms with Gasteiger partial charge in [0.25, 0.3) is 0 Å². The highest BCUT2D eigenvalue weighted by atomic mass is 79.9. The molecule has 0 radical (unpaired) electrons. The summed E-state index contributed by atoms with van der Waals surface area (Å²) in [7, 11) is -5.71. The van der Waals surface area contributed by atoms with Gasteiger partial charge < -0.3 is 17.3 Å². The SMILES string of the molecule is CC[S+]1CCC(=O)c2sc(-c3cc(Br)cs3)cc21.F[B-](F)(F)F. The smallest absolute Gasteiger partial charge is 0.418 e. The van der Waals surface area contributed by atoms with Crippen LogP contribution in [-0.2, 0) is 10.9 Å². The van der Waals surface area contributed by atoms with Crippen molar-refractivity contribution in [2.24, 2.45) is 0 Å². The minimum absolute atomic E-state index is 0.289. The van der Waals surface area contributed by atoms with Gasteiger partial charge in [-0.25, -0.2) is 0 Å². The molecule has 126 valence electrons. The molecule has 0 saturated carbocycles. The molecule has 3 heterocycles. The monoisotopic (exact) mass is 446 g/mol. The van der Waals surface area contributed by atoms with Crippen molar-refractivity contribution in [2.45, 2.75) is 18.2 Å². The van der Waals surface area contributed by atoms with Gasteiger partial charge in [-0.15, -0.1) is 22.7 Å². The van der Waals surface area contributed by atoms with Gasteiger partial charge in [-0.05, 0) is 28.9 Å².